The summed E-state index contributed by atoms with van der Waals surface area (Å²) in [4.78, 5) is 12.3. The summed E-state index contributed by atoms with van der Waals surface area (Å²) in [6.45, 7) is 7.44. The van der Waals surface area contributed by atoms with Crippen molar-refractivity contribution in [1.82, 2.24) is 5.32 Å². The molecule has 4 heteroatoms. The van der Waals surface area contributed by atoms with Gasteiger partial charge in [0.05, 0.1) is 19.3 Å². The molecule has 156 valence electrons. The summed E-state index contributed by atoms with van der Waals surface area (Å²) in [5.41, 5.74) is 0.631. The Morgan fingerprint density at radius 2 is 1.64 bits per heavy atom. The van der Waals surface area contributed by atoms with Crippen molar-refractivity contribution >= 4 is 5.91 Å². The standard InChI is InChI=1S/C24H37NO3/c1-3-4-5-6-7-8-9-10-11-12-18-28-22-15-13-21(14-16-22)24(26)25-23-17-19-27-20(23)2/h13-16,23H,2-12,17-19H2,1H3,(H,25,26). The third kappa shape index (κ3) is 8.37. The van der Waals surface area contributed by atoms with Crippen LogP contribution in [0.25, 0.3) is 0 Å². The second kappa shape index (κ2) is 13.2. The van der Waals surface area contributed by atoms with Gasteiger partial charge < -0.3 is 14.8 Å². The Kier molecular flexibility index (Phi) is 10.6. The lowest BCUT2D eigenvalue weighted by atomic mass is 10.1. The van der Waals surface area contributed by atoms with E-state index in [4.69, 9.17) is 9.47 Å². The zero-order chi connectivity index (χ0) is 20.0. The van der Waals surface area contributed by atoms with Gasteiger partial charge in [-0.2, -0.15) is 0 Å². The molecule has 0 radical (unpaired) electrons. The minimum atomic E-state index is -0.0992. The molecule has 1 saturated heterocycles. The molecular formula is C24H37NO3. The van der Waals surface area contributed by atoms with Gasteiger partial charge in [0.2, 0.25) is 0 Å². The molecular weight excluding hydrogens is 350 g/mol. The number of hydrogen-bond donors (Lipinski definition) is 1. The smallest absolute Gasteiger partial charge is 0.251 e. The van der Waals surface area contributed by atoms with Gasteiger partial charge in [0.1, 0.15) is 11.5 Å². The number of ether oxygens (including phenoxy) is 2. The summed E-state index contributed by atoms with van der Waals surface area (Å²) in [6.07, 6.45) is 14.0. The fourth-order valence-electron chi connectivity index (χ4n) is 3.45. The van der Waals surface area contributed by atoms with Crippen molar-refractivity contribution < 1.29 is 14.3 Å². The van der Waals surface area contributed by atoms with E-state index in [1.54, 1.807) is 0 Å². The van der Waals surface area contributed by atoms with E-state index in [-0.39, 0.29) is 11.9 Å². The molecule has 2 rings (SSSR count). The van der Waals surface area contributed by atoms with Crippen LogP contribution in [0.4, 0.5) is 0 Å². The first-order valence-corrected chi connectivity index (χ1v) is 11.1. The van der Waals surface area contributed by atoms with Gasteiger partial charge in [-0.1, -0.05) is 71.3 Å². The van der Waals surface area contributed by atoms with Crippen LogP contribution in [0.3, 0.4) is 0 Å². The van der Waals surface area contributed by atoms with Gasteiger partial charge in [-0.25, -0.2) is 0 Å². The first-order chi connectivity index (χ1) is 13.7. The Balaban J connectivity index is 1.53. The van der Waals surface area contributed by atoms with Crippen molar-refractivity contribution in [1.29, 1.82) is 0 Å². The third-order valence-electron chi connectivity index (χ3n) is 5.27. The Bertz CT molecular complexity index is 582. The lowest BCUT2D eigenvalue weighted by Crippen LogP contribution is -2.33. The maximum absolute atomic E-state index is 12.3. The second-order valence-electron chi connectivity index (χ2n) is 7.68. The van der Waals surface area contributed by atoms with Crippen LogP contribution in [0.15, 0.2) is 36.6 Å². The van der Waals surface area contributed by atoms with Gasteiger partial charge in [0, 0.05) is 12.0 Å². The fraction of sp³-hybridized carbons (Fsp3) is 0.625. The van der Waals surface area contributed by atoms with Gasteiger partial charge in [0.25, 0.3) is 5.91 Å². The zero-order valence-corrected chi connectivity index (χ0v) is 17.5. The zero-order valence-electron chi connectivity index (χ0n) is 17.5. The maximum Gasteiger partial charge on any atom is 0.251 e. The van der Waals surface area contributed by atoms with E-state index in [1.807, 2.05) is 24.3 Å². The molecule has 1 aromatic carbocycles. The molecule has 1 aliphatic rings. The highest BCUT2D eigenvalue weighted by Gasteiger charge is 2.22. The number of benzene rings is 1. The van der Waals surface area contributed by atoms with Gasteiger partial charge in [-0.3, -0.25) is 4.79 Å². The molecule has 1 aromatic rings. The highest BCUT2D eigenvalue weighted by molar-refractivity contribution is 5.94. The fourth-order valence-corrected chi connectivity index (χ4v) is 3.45. The Hall–Kier alpha value is -1.97. The van der Waals surface area contributed by atoms with E-state index >= 15 is 0 Å². The predicted octanol–water partition coefficient (Wildman–Crippen LogP) is 6.02. The van der Waals surface area contributed by atoms with Crippen molar-refractivity contribution in [2.24, 2.45) is 0 Å². The molecule has 1 fully saturated rings. The number of carbonyl (C=O) groups is 1. The van der Waals surface area contributed by atoms with Gasteiger partial charge in [0.15, 0.2) is 0 Å². The average molecular weight is 388 g/mol. The lowest BCUT2D eigenvalue weighted by molar-refractivity contribution is 0.0941. The number of rotatable bonds is 14. The van der Waals surface area contributed by atoms with E-state index in [0.717, 1.165) is 25.2 Å². The maximum atomic E-state index is 12.3. The highest BCUT2D eigenvalue weighted by atomic mass is 16.5. The molecule has 1 heterocycles. The Labute approximate surface area is 170 Å². The molecule has 1 N–H and O–H groups in total. The van der Waals surface area contributed by atoms with E-state index in [1.165, 1.54) is 57.8 Å². The normalized spacial score (nSPS) is 16.0. The summed E-state index contributed by atoms with van der Waals surface area (Å²) in [5.74, 6) is 1.36. The second-order valence-corrected chi connectivity index (χ2v) is 7.68. The number of hydrogen-bond acceptors (Lipinski definition) is 3. The Morgan fingerprint density at radius 1 is 1.04 bits per heavy atom. The van der Waals surface area contributed by atoms with Crippen molar-refractivity contribution in [2.75, 3.05) is 13.2 Å². The van der Waals surface area contributed by atoms with Crippen LogP contribution in [0.1, 0.15) is 87.9 Å². The van der Waals surface area contributed by atoms with Crippen LogP contribution in [0.5, 0.6) is 5.75 Å². The molecule has 0 bridgehead atoms. The number of amides is 1. The molecule has 0 aliphatic carbocycles. The quantitative estimate of drug-likeness (QED) is 0.397. The SMILES string of the molecule is C=C1OCCC1NC(=O)c1ccc(OCCCCCCCCCCCC)cc1. The lowest BCUT2D eigenvalue weighted by Gasteiger charge is -2.12. The summed E-state index contributed by atoms with van der Waals surface area (Å²) in [6, 6.07) is 7.26. The van der Waals surface area contributed by atoms with E-state index in [9.17, 15) is 4.79 Å². The number of carbonyl (C=O) groups excluding carboxylic acids is 1. The molecule has 4 nitrogen and oxygen atoms in total. The molecule has 1 aliphatic heterocycles. The summed E-state index contributed by atoms with van der Waals surface area (Å²) >= 11 is 0. The number of nitrogens with one attached hydrogen (secondary N) is 1. The largest absolute Gasteiger partial charge is 0.496 e. The molecule has 28 heavy (non-hydrogen) atoms. The number of unbranched alkanes of at least 4 members (excludes halogenated alkanes) is 9. The van der Waals surface area contributed by atoms with E-state index < -0.39 is 0 Å². The van der Waals surface area contributed by atoms with Crippen molar-refractivity contribution in [3.63, 3.8) is 0 Å². The predicted molar refractivity (Wildman–Crippen MR) is 115 cm³/mol. The van der Waals surface area contributed by atoms with Crippen LogP contribution in [0, 0.1) is 0 Å². The van der Waals surface area contributed by atoms with Crippen molar-refractivity contribution in [2.45, 2.75) is 83.6 Å². The first kappa shape index (κ1) is 22.3. The molecule has 0 aromatic heterocycles. The van der Waals surface area contributed by atoms with E-state index in [0.29, 0.717) is 17.9 Å². The minimum Gasteiger partial charge on any atom is -0.496 e. The van der Waals surface area contributed by atoms with Crippen LogP contribution in [-0.4, -0.2) is 25.2 Å². The summed E-state index contributed by atoms with van der Waals surface area (Å²) in [5, 5.41) is 2.95. The van der Waals surface area contributed by atoms with Crippen molar-refractivity contribution in [3.05, 3.63) is 42.2 Å². The molecule has 1 amide bonds. The van der Waals surface area contributed by atoms with Gasteiger partial charge >= 0.3 is 0 Å². The highest BCUT2D eigenvalue weighted by Crippen LogP contribution is 2.17. The third-order valence-corrected chi connectivity index (χ3v) is 5.27. The molecule has 0 saturated carbocycles. The van der Waals surface area contributed by atoms with Crippen LogP contribution in [-0.2, 0) is 4.74 Å². The van der Waals surface area contributed by atoms with E-state index in [2.05, 4.69) is 18.8 Å². The van der Waals surface area contributed by atoms with Gasteiger partial charge in [-0.15, -0.1) is 0 Å². The monoisotopic (exact) mass is 387 g/mol. The van der Waals surface area contributed by atoms with Crippen LogP contribution in [0.2, 0.25) is 0 Å². The van der Waals surface area contributed by atoms with Crippen LogP contribution < -0.4 is 10.1 Å². The van der Waals surface area contributed by atoms with Crippen LogP contribution >= 0.6 is 0 Å². The molecule has 0 spiro atoms. The van der Waals surface area contributed by atoms with Gasteiger partial charge in [-0.05, 0) is 30.7 Å². The summed E-state index contributed by atoms with van der Waals surface area (Å²) in [7, 11) is 0. The molecule has 1 atom stereocenters. The minimum absolute atomic E-state index is 0.0835. The average Bonchev–Trinajstić information content (AvgIpc) is 3.11. The topological polar surface area (TPSA) is 47.6 Å². The Morgan fingerprint density at radius 3 is 2.21 bits per heavy atom. The molecule has 1 unspecified atom stereocenters. The summed E-state index contributed by atoms with van der Waals surface area (Å²) < 4.78 is 11.1. The van der Waals surface area contributed by atoms with Crippen molar-refractivity contribution in [3.8, 4) is 5.75 Å². The first-order valence-electron chi connectivity index (χ1n) is 11.1.